The number of hydrogen-bond acceptors (Lipinski definition) is 3. The molecule has 3 aromatic rings. The molecule has 0 aliphatic carbocycles. The largest absolute Gasteiger partial charge is 0.497 e. The van der Waals surface area contributed by atoms with E-state index >= 15 is 0 Å². The van der Waals surface area contributed by atoms with Gasteiger partial charge in [-0.05, 0) is 36.2 Å². The second kappa shape index (κ2) is 7.21. The van der Waals surface area contributed by atoms with E-state index in [9.17, 15) is 9.59 Å². The van der Waals surface area contributed by atoms with E-state index in [1.165, 1.54) is 0 Å². The molecule has 1 N–H and O–H groups in total. The fourth-order valence-corrected chi connectivity index (χ4v) is 3.00. The van der Waals surface area contributed by atoms with Gasteiger partial charge in [0.05, 0.1) is 12.6 Å². The minimum absolute atomic E-state index is 0.146. The zero-order chi connectivity index (χ0) is 17.8. The standard InChI is InChI=1S/C20H20N2O3/c1-3-14-5-4-6-18-15(13-23)11-22(20(14)18)12-19(24)21-16-7-9-17(25-2)10-8-16/h4-11,13H,3,12H2,1-2H3,(H,21,24). The average molecular weight is 336 g/mol. The molecule has 2 aromatic carbocycles. The van der Waals surface area contributed by atoms with Crippen molar-refractivity contribution in [3.63, 3.8) is 0 Å². The Hall–Kier alpha value is -3.08. The Morgan fingerprint density at radius 3 is 2.60 bits per heavy atom. The number of aryl methyl sites for hydroxylation is 1. The van der Waals surface area contributed by atoms with Gasteiger partial charge in [-0.3, -0.25) is 9.59 Å². The van der Waals surface area contributed by atoms with Crippen molar-refractivity contribution in [2.24, 2.45) is 0 Å². The first-order chi connectivity index (χ1) is 12.2. The second-order valence-corrected chi connectivity index (χ2v) is 5.77. The van der Waals surface area contributed by atoms with E-state index in [2.05, 4.69) is 12.2 Å². The van der Waals surface area contributed by atoms with Crippen molar-refractivity contribution >= 4 is 28.8 Å². The molecule has 1 amide bonds. The van der Waals surface area contributed by atoms with Crippen molar-refractivity contribution in [2.75, 3.05) is 12.4 Å². The van der Waals surface area contributed by atoms with Crippen molar-refractivity contribution in [1.29, 1.82) is 0 Å². The summed E-state index contributed by atoms with van der Waals surface area (Å²) in [6, 6.07) is 13.0. The number of para-hydroxylation sites is 1. The number of benzene rings is 2. The van der Waals surface area contributed by atoms with Crippen LogP contribution in [0.5, 0.6) is 5.75 Å². The summed E-state index contributed by atoms with van der Waals surface area (Å²) in [6.07, 6.45) is 3.41. The van der Waals surface area contributed by atoms with Crippen LogP contribution < -0.4 is 10.1 Å². The summed E-state index contributed by atoms with van der Waals surface area (Å²) in [6.45, 7) is 2.21. The van der Waals surface area contributed by atoms with Gasteiger partial charge < -0.3 is 14.6 Å². The Bertz CT molecular complexity index is 911. The summed E-state index contributed by atoms with van der Waals surface area (Å²) in [5.74, 6) is 0.586. The Labute approximate surface area is 146 Å². The number of amides is 1. The summed E-state index contributed by atoms with van der Waals surface area (Å²) >= 11 is 0. The lowest BCUT2D eigenvalue weighted by Crippen LogP contribution is -2.18. The number of aldehydes is 1. The number of ether oxygens (including phenoxy) is 1. The molecule has 0 aliphatic rings. The molecule has 0 atom stereocenters. The number of nitrogens with one attached hydrogen (secondary N) is 1. The van der Waals surface area contributed by atoms with Crippen molar-refractivity contribution in [1.82, 2.24) is 4.57 Å². The average Bonchev–Trinajstić information content (AvgIpc) is 3.00. The van der Waals surface area contributed by atoms with Crippen molar-refractivity contribution < 1.29 is 14.3 Å². The predicted octanol–water partition coefficient (Wildman–Crippen LogP) is 3.66. The summed E-state index contributed by atoms with van der Waals surface area (Å²) in [5.41, 5.74) is 3.36. The fourth-order valence-electron chi connectivity index (χ4n) is 3.00. The summed E-state index contributed by atoms with van der Waals surface area (Å²) in [7, 11) is 1.60. The van der Waals surface area contributed by atoms with Crippen molar-refractivity contribution in [3.05, 3.63) is 59.8 Å². The molecule has 0 aliphatic heterocycles. The predicted molar refractivity (Wildman–Crippen MR) is 98.3 cm³/mol. The molecule has 0 unspecified atom stereocenters. The Kier molecular flexibility index (Phi) is 4.84. The lowest BCUT2D eigenvalue weighted by molar-refractivity contribution is -0.116. The maximum Gasteiger partial charge on any atom is 0.244 e. The molecule has 128 valence electrons. The van der Waals surface area contributed by atoms with Gasteiger partial charge in [0.1, 0.15) is 12.3 Å². The Morgan fingerprint density at radius 2 is 1.96 bits per heavy atom. The molecular formula is C20H20N2O3. The number of anilines is 1. The van der Waals surface area contributed by atoms with E-state index in [0.29, 0.717) is 11.3 Å². The van der Waals surface area contributed by atoms with E-state index < -0.39 is 0 Å². The van der Waals surface area contributed by atoms with E-state index in [-0.39, 0.29) is 12.5 Å². The fraction of sp³-hybridized carbons (Fsp3) is 0.200. The van der Waals surface area contributed by atoms with Crippen LogP contribution in [0.4, 0.5) is 5.69 Å². The lowest BCUT2D eigenvalue weighted by Gasteiger charge is -2.10. The topological polar surface area (TPSA) is 60.3 Å². The first kappa shape index (κ1) is 16.8. The highest BCUT2D eigenvalue weighted by atomic mass is 16.5. The molecule has 1 aromatic heterocycles. The van der Waals surface area contributed by atoms with E-state index in [4.69, 9.17) is 4.74 Å². The van der Waals surface area contributed by atoms with Gasteiger partial charge in [-0.25, -0.2) is 0 Å². The number of aromatic nitrogens is 1. The molecule has 1 heterocycles. The van der Waals surface area contributed by atoms with Gasteiger partial charge >= 0.3 is 0 Å². The molecule has 0 bridgehead atoms. The maximum atomic E-state index is 12.4. The van der Waals surface area contributed by atoms with Crippen molar-refractivity contribution in [2.45, 2.75) is 19.9 Å². The zero-order valence-electron chi connectivity index (χ0n) is 14.3. The van der Waals surface area contributed by atoms with E-state index in [0.717, 1.165) is 34.9 Å². The summed E-state index contributed by atoms with van der Waals surface area (Å²) in [4.78, 5) is 23.8. The van der Waals surface area contributed by atoms with Crippen LogP contribution in [0, 0.1) is 0 Å². The maximum absolute atomic E-state index is 12.4. The van der Waals surface area contributed by atoms with Crippen LogP contribution in [-0.2, 0) is 17.8 Å². The lowest BCUT2D eigenvalue weighted by atomic mass is 10.1. The first-order valence-corrected chi connectivity index (χ1v) is 8.16. The molecule has 5 nitrogen and oxygen atoms in total. The van der Waals surface area contributed by atoms with Gasteiger partial charge in [-0.15, -0.1) is 0 Å². The van der Waals surface area contributed by atoms with Crippen LogP contribution in [0.25, 0.3) is 10.9 Å². The van der Waals surface area contributed by atoms with Gasteiger partial charge in [-0.2, -0.15) is 0 Å². The van der Waals surface area contributed by atoms with Gasteiger partial charge in [0.15, 0.2) is 6.29 Å². The van der Waals surface area contributed by atoms with Crippen LogP contribution in [0.15, 0.2) is 48.7 Å². The van der Waals surface area contributed by atoms with Crippen LogP contribution in [0.2, 0.25) is 0 Å². The molecule has 0 fully saturated rings. The van der Waals surface area contributed by atoms with Gasteiger partial charge in [0, 0.05) is 22.8 Å². The van der Waals surface area contributed by atoms with Gasteiger partial charge in [0.25, 0.3) is 0 Å². The number of methoxy groups -OCH3 is 1. The number of carbonyl (C=O) groups is 2. The molecule has 25 heavy (non-hydrogen) atoms. The second-order valence-electron chi connectivity index (χ2n) is 5.77. The third-order valence-electron chi connectivity index (χ3n) is 4.21. The Morgan fingerprint density at radius 1 is 1.20 bits per heavy atom. The zero-order valence-corrected chi connectivity index (χ0v) is 14.3. The molecule has 0 spiro atoms. The van der Waals surface area contributed by atoms with Crippen molar-refractivity contribution in [3.8, 4) is 5.75 Å². The number of nitrogens with zero attached hydrogens (tertiary/aromatic N) is 1. The monoisotopic (exact) mass is 336 g/mol. The Balaban J connectivity index is 1.86. The highest BCUT2D eigenvalue weighted by Gasteiger charge is 2.13. The third kappa shape index (κ3) is 3.40. The van der Waals surface area contributed by atoms with Crippen LogP contribution >= 0.6 is 0 Å². The molecular weight excluding hydrogens is 316 g/mol. The van der Waals surface area contributed by atoms with E-state index in [1.54, 1.807) is 37.6 Å². The van der Waals surface area contributed by atoms with Crippen LogP contribution in [0.1, 0.15) is 22.8 Å². The van der Waals surface area contributed by atoms with Crippen LogP contribution in [0.3, 0.4) is 0 Å². The van der Waals surface area contributed by atoms with Gasteiger partial charge in [0.2, 0.25) is 5.91 Å². The number of fused-ring (bicyclic) bond motifs is 1. The molecule has 5 heteroatoms. The summed E-state index contributed by atoms with van der Waals surface area (Å²) in [5, 5.41) is 3.75. The number of rotatable bonds is 6. The summed E-state index contributed by atoms with van der Waals surface area (Å²) < 4.78 is 6.95. The van der Waals surface area contributed by atoms with Crippen LogP contribution in [-0.4, -0.2) is 23.9 Å². The number of hydrogen-bond donors (Lipinski definition) is 1. The quantitative estimate of drug-likeness (QED) is 0.699. The third-order valence-corrected chi connectivity index (χ3v) is 4.21. The smallest absolute Gasteiger partial charge is 0.244 e. The highest BCUT2D eigenvalue weighted by Crippen LogP contribution is 2.24. The molecule has 0 radical (unpaired) electrons. The molecule has 0 saturated carbocycles. The molecule has 3 rings (SSSR count). The minimum Gasteiger partial charge on any atom is -0.497 e. The normalized spacial score (nSPS) is 10.6. The first-order valence-electron chi connectivity index (χ1n) is 8.16. The SMILES string of the molecule is CCc1cccc2c(C=O)cn(CC(=O)Nc3ccc(OC)cc3)c12. The molecule has 0 saturated heterocycles. The highest BCUT2D eigenvalue weighted by molar-refractivity contribution is 6.00. The van der Waals surface area contributed by atoms with Gasteiger partial charge in [-0.1, -0.05) is 25.1 Å². The number of carbonyl (C=O) groups excluding carboxylic acids is 2. The minimum atomic E-state index is -0.148. The van der Waals surface area contributed by atoms with E-state index in [1.807, 2.05) is 22.8 Å².